The highest BCUT2D eigenvalue weighted by Crippen LogP contribution is 2.39. The van der Waals surface area contributed by atoms with Gasteiger partial charge in [0, 0.05) is 16.2 Å². The number of anilines is 1. The van der Waals surface area contributed by atoms with E-state index in [4.69, 9.17) is 10.5 Å². The third kappa shape index (κ3) is 2.43. The average molecular weight is 347 g/mol. The highest BCUT2D eigenvalue weighted by molar-refractivity contribution is 9.10. The van der Waals surface area contributed by atoms with Crippen molar-refractivity contribution < 1.29 is 9.53 Å². The van der Waals surface area contributed by atoms with Gasteiger partial charge < -0.3 is 15.4 Å². The van der Waals surface area contributed by atoms with Crippen LogP contribution >= 0.6 is 15.9 Å². The Labute approximate surface area is 131 Å². The molecule has 0 saturated carbocycles. The number of carbonyl (C=O) groups is 1. The zero-order chi connectivity index (χ0) is 15.0. The molecule has 1 heterocycles. The fraction of sp³-hybridized carbons (Fsp3) is 0.188. The number of nitrogens with two attached hydrogens (primary N) is 1. The number of benzene rings is 2. The minimum absolute atomic E-state index is 0.0730. The minimum Gasteiger partial charge on any atom is -0.497 e. The van der Waals surface area contributed by atoms with E-state index in [1.165, 1.54) is 0 Å². The number of carbonyl (C=O) groups excluding carboxylic acids is 1. The summed E-state index contributed by atoms with van der Waals surface area (Å²) in [5.74, 6) is 0.645. The molecule has 1 fully saturated rings. The number of amides is 1. The van der Waals surface area contributed by atoms with Crippen LogP contribution in [0.5, 0.6) is 5.75 Å². The fourth-order valence-electron chi connectivity index (χ4n) is 2.58. The molecule has 0 spiro atoms. The third-order valence-corrected chi connectivity index (χ3v) is 4.21. The van der Waals surface area contributed by atoms with Crippen molar-refractivity contribution in [1.29, 1.82) is 0 Å². The second-order valence-electron chi connectivity index (χ2n) is 4.93. The Morgan fingerprint density at radius 3 is 2.57 bits per heavy atom. The smallest absolute Gasteiger partial charge is 0.247 e. The summed E-state index contributed by atoms with van der Waals surface area (Å²) in [6.07, 6.45) is 0. The summed E-state index contributed by atoms with van der Waals surface area (Å²) in [5.41, 5.74) is 7.82. The summed E-state index contributed by atoms with van der Waals surface area (Å²) >= 11 is 3.41. The number of methoxy groups -OCH3 is 1. The highest BCUT2D eigenvalue weighted by Gasteiger charge is 2.46. The van der Waals surface area contributed by atoms with Gasteiger partial charge in [-0.2, -0.15) is 0 Å². The molecule has 0 aromatic heterocycles. The summed E-state index contributed by atoms with van der Waals surface area (Å²) in [6, 6.07) is 14.7. The van der Waals surface area contributed by atoms with Gasteiger partial charge in [0.05, 0.1) is 13.2 Å². The van der Waals surface area contributed by atoms with Gasteiger partial charge >= 0.3 is 0 Å². The molecule has 2 aromatic carbocycles. The van der Waals surface area contributed by atoms with Crippen LogP contribution in [-0.4, -0.2) is 19.1 Å². The molecule has 1 aliphatic heterocycles. The van der Waals surface area contributed by atoms with Crippen LogP contribution in [0.25, 0.3) is 0 Å². The van der Waals surface area contributed by atoms with E-state index in [0.29, 0.717) is 0 Å². The van der Waals surface area contributed by atoms with E-state index in [1.54, 1.807) is 12.0 Å². The lowest BCUT2D eigenvalue weighted by Gasteiger charge is -2.45. The van der Waals surface area contributed by atoms with E-state index < -0.39 is 6.04 Å². The van der Waals surface area contributed by atoms with Gasteiger partial charge in [-0.15, -0.1) is 0 Å². The second kappa shape index (κ2) is 5.50. The van der Waals surface area contributed by atoms with Crippen molar-refractivity contribution in [1.82, 2.24) is 0 Å². The maximum Gasteiger partial charge on any atom is 0.247 e. The Bertz CT molecular complexity index is 672. The first-order valence-electron chi connectivity index (χ1n) is 6.60. The maximum absolute atomic E-state index is 12.2. The van der Waals surface area contributed by atoms with E-state index in [2.05, 4.69) is 15.9 Å². The fourth-order valence-corrected chi connectivity index (χ4v) is 2.84. The molecule has 1 aliphatic rings. The Kier molecular flexibility index (Phi) is 3.69. The Balaban J connectivity index is 1.96. The molecule has 0 radical (unpaired) electrons. The number of hydrogen-bond acceptors (Lipinski definition) is 3. The van der Waals surface area contributed by atoms with Crippen molar-refractivity contribution in [3.8, 4) is 5.75 Å². The lowest BCUT2D eigenvalue weighted by molar-refractivity contribution is -0.126. The predicted molar refractivity (Wildman–Crippen MR) is 85.3 cm³/mol. The van der Waals surface area contributed by atoms with Crippen LogP contribution in [0.4, 0.5) is 5.69 Å². The molecule has 1 saturated heterocycles. The van der Waals surface area contributed by atoms with E-state index >= 15 is 0 Å². The Morgan fingerprint density at radius 2 is 1.90 bits per heavy atom. The van der Waals surface area contributed by atoms with Crippen molar-refractivity contribution in [2.24, 2.45) is 5.73 Å². The lowest BCUT2D eigenvalue weighted by atomic mass is 9.88. The van der Waals surface area contributed by atoms with Gasteiger partial charge in [0.1, 0.15) is 11.8 Å². The summed E-state index contributed by atoms with van der Waals surface area (Å²) < 4.78 is 6.22. The Hall–Kier alpha value is -1.85. The van der Waals surface area contributed by atoms with E-state index in [9.17, 15) is 4.79 Å². The minimum atomic E-state index is -0.502. The zero-order valence-corrected chi connectivity index (χ0v) is 13.1. The van der Waals surface area contributed by atoms with Gasteiger partial charge in [-0.3, -0.25) is 4.79 Å². The van der Waals surface area contributed by atoms with E-state index in [0.717, 1.165) is 21.5 Å². The number of nitrogens with zero attached hydrogens (tertiary/aromatic N) is 1. The zero-order valence-electron chi connectivity index (χ0n) is 11.5. The topological polar surface area (TPSA) is 55.6 Å². The molecular formula is C16H15BrN2O2. The van der Waals surface area contributed by atoms with Crippen molar-refractivity contribution >= 4 is 27.5 Å². The quantitative estimate of drug-likeness (QED) is 0.869. The molecule has 0 unspecified atom stereocenters. The van der Waals surface area contributed by atoms with Gasteiger partial charge in [-0.05, 0) is 29.8 Å². The van der Waals surface area contributed by atoms with Crippen LogP contribution < -0.4 is 15.4 Å². The van der Waals surface area contributed by atoms with Crippen LogP contribution in [0, 0.1) is 0 Å². The van der Waals surface area contributed by atoms with Crippen molar-refractivity contribution in [3.63, 3.8) is 0 Å². The van der Waals surface area contributed by atoms with Gasteiger partial charge in [0.2, 0.25) is 5.91 Å². The summed E-state index contributed by atoms with van der Waals surface area (Å²) in [7, 11) is 1.61. The summed E-state index contributed by atoms with van der Waals surface area (Å²) in [4.78, 5) is 13.9. The molecule has 0 aliphatic carbocycles. The molecule has 21 heavy (non-hydrogen) atoms. The molecule has 1 amide bonds. The van der Waals surface area contributed by atoms with Crippen LogP contribution in [0.3, 0.4) is 0 Å². The first kappa shape index (κ1) is 14.1. The number of ether oxygens (including phenoxy) is 1. The summed E-state index contributed by atoms with van der Waals surface area (Å²) in [6.45, 7) is 0. The molecule has 108 valence electrons. The third-order valence-electron chi connectivity index (χ3n) is 3.68. The molecular weight excluding hydrogens is 332 g/mol. The van der Waals surface area contributed by atoms with Gasteiger partial charge in [0.25, 0.3) is 0 Å². The van der Waals surface area contributed by atoms with Crippen molar-refractivity contribution in [2.45, 2.75) is 12.1 Å². The number of halogens is 1. The second-order valence-corrected chi connectivity index (χ2v) is 5.85. The SMILES string of the molecule is COc1cccc(N2C(=O)[C@H](N)[C@@H]2c2ccc(Br)cc2)c1. The highest BCUT2D eigenvalue weighted by atomic mass is 79.9. The van der Waals surface area contributed by atoms with Gasteiger partial charge in [0.15, 0.2) is 0 Å². The first-order chi connectivity index (χ1) is 10.1. The normalized spacial score (nSPS) is 21.1. The monoisotopic (exact) mass is 346 g/mol. The standard InChI is InChI=1S/C16H15BrN2O2/c1-21-13-4-2-3-12(9-13)19-15(14(18)16(19)20)10-5-7-11(17)8-6-10/h2-9,14-15H,18H2,1H3/t14-,15+/m1/s1. The lowest BCUT2D eigenvalue weighted by Crippen LogP contribution is -2.63. The first-order valence-corrected chi connectivity index (χ1v) is 7.39. The van der Waals surface area contributed by atoms with Crippen molar-refractivity contribution in [2.75, 3.05) is 12.0 Å². The van der Waals surface area contributed by atoms with Crippen molar-refractivity contribution in [3.05, 3.63) is 58.6 Å². The molecule has 0 bridgehead atoms. The largest absolute Gasteiger partial charge is 0.497 e. The average Bonchev–Trinajstić information content (AvgIpc) is 2.52. The van der Waals surface area contributed by atoms with E-state index in [1.807, 2.05) is 48.5 Å². The predicted octanol–water partition coefficient (Wildman–Crippen LogP) is 2.87. The van der Waals surface area contributed by atoms with Crippen LogP contribution in [0.1, 0.15) is 11.6 Å². The van der Waals surface area contributed by atoms with Gasteiger partial charge in [-0.25, -0.2) is 0 Å². The molecule has 2 N–H and O–H groups in total. The Morgan fingerprint density at radius 1 is 1.19 bits per heavy atom. The summed E-state index contributed by atoms with van der Waals surface area (Å²) in [5, 5.41) is 0. The maximum atomic E-state index is 12.2. The molecule has 4 nitrogen and oxygen atoms in total. The van der Waals surface area contributed by atoms with Crippen LogP contribution in [0.2, 0.25) is 0 Å². The molecule has 2 atom stereocenters. The molecule has 2 aromatic rings. The van der Waals surface area contributed by atoms with Crippen LogP contribution in [-0.2, 0) is 4.79 Å². The number of β-lactam (4-membered cyclic amide) rings is 1. The van der Waals surface area contributed by atoms with Gasteiger partial charge in [-0.1, -0.05) is 34.1 Å². The van der Waals surface area contributed by atoms with Crippen LogP contribution in [0.15, 0.2) is 53.0 Å². The molecule has 5 heteroatoms. The van der Waals surface area contributed by atoms with E-state index in [-0.39, 0.29) is 11.9 Å². The molecule has 3 rings (SSSR count). The number of rotatable bonds is 3. The number of hydrogen-bond donors (Lipinski definition) is 1.